The fourth-order valence-corrected chi connectivity index (χ4v) is 3.67. The number of amides is 3. The third kappa shape index (κ3) is 5.98. The largest absolute Gasteiger partial charge is 0.454 e. The number of aromatic nitrogens is 2. The van der Waals surface area contributed by atoms with Gasteiger partial charge in [-0.25, -0.2) is 4.98 Å². The number of hydrogen-bond acceptors (Lipinski definition) is 8. The summed E-state index contributed by atoms with van der Waals surface area (Å²) in [6, 6.07) is 11.7. The number of carbonyl (C=O) groups excluding carboxylic acids is 3. The van der Waals surface area contributed by atoms with Gasteiger partial charge in [-0.1, -0.05) is 11.8 Å². The maximum atomic E-state index is 12.6. The number of ether oxygens (including phenoxy) is 2. The van der Waals surface area contributed by atoms with Gasteiger partial charge in [0, 0.05) is 24.1 Å². The van der Waals surface area contributed by atoms with Crippen molar-refractivity contribution in [1.82, 2.24) is 15.3 Å². The van der Waals surface area contributed by atoms with E-state index in [9.17, 15) is 14.4 Å². The lowest BCUT2D eigenvalue weighted by molar-refractivity contribution is -0.115. The molecule has 0 aliphatic carbocycles. The predicted octanol–water partition coefficient (Wildman–Crippen LogP) is 2.30. The highest BCUT2D eigenvalue weighted by molar-refractivity contribution is 8.00. The van der Waals surface area contributed by atoms with Crippen molar-refractivity contribution in [3.8, 4) is 11.5 Å². The van der Waals surface area contributed by atoms with Crippen LogP contribution in [0.15, 0.2) is 66.1 Å². The molecular weight excluding hydrogens is 446 g/mol. The Hall–Kier alpha value is -4.12. The van der Waals surface area contributed by atoms with Gasteiger partial charge in [-0.15, -0.1) is 0 Å². The number of pyridine rings is 2. The van der Waals surface area contributed by atoms with E-state index in [0.29, 0.717) is 27.9 Å². The fourth-order valence-electron chi connectivity index (χ4n) is 2.88. The Bertz CT molecular complexity index is 1170. The number of rotatable bonds is 8. The van der Waals surface area contributed by atoms with Gasteiger partial charge in [-0.2, -0.15) is 0 Å². The topological polar surface area (TPSA) is 132 Å². The predicted molar refractivity (Wildman–Crippen MR) is 121 cm³/mol. The van der Waals surface area contributed by atoms with Crippen molar-refractivity contribution in [1.29, 1.82) is 0 Å². The molecule has 0 unspecified atom stereocenters. The average molecular weight is 465 g/mol. The fraction of sp³-hybridized carbons (Fsp3) is 0.136. The minimum absolute atomic E-state index is 0.0349. The van der Waals surface area contributed by atoms with Crippen LogP contribution in [0.5, 0.6) is 11.5 Å². The van der Waals surface area contributed by atoms with Crippen molar-refractivity contribution in [2.24, 2.45) is 0 Å². The number of fused-ring (bicyclic) bond motifs is 1. The molecule has 168 valence electrons. The molecule has 1 aliphatic heterocycles. The Balaban J connectivity index is 1.29. The summed E-state index contributed by atoms with van der Waals surface area (Å²) in [6.45, 7) is -0.0739. The Morgan fingerprint density at radius 3 is 2.61 bits per heavy atom. The lowest BCUT2D eigenvalue weighted by atomic mass is 10.2. The number of benzene rings is 1. The SMILES string of the molecule is O=C(CNC(=O)c1cccnc1SCC(=O)Nc1ccc2c(c1)OCO2)Nc1cccnc1. The summed E-state index contributed by atoms with van der Waals surface area (Å²) in [5.74, 6) is 0.0949. The molecule has 1 aromatic carbocycles. The van der Waals surface area contributed by atoms with Crippen LogP contribution >= 0.6 is 11.8 Å². The number of hydrogen-bond donors (Lipinski definition) is 3. The van der Waals surface area contributed by atoms with E-state index in [-0.39, 0.29) is 30.6 Å². The molecule has 33 heavy (non-hydrogen) atoms. The molecule has 11 heteroatoms. The van der Waals surface area contributed by atoms with Crippen LogP contribution in [0.1, 0.15) is 10.4 Å². The second-order valence-electron chi connectivity index (χ2n) is 6.73. The molecule has 3 aromatic rings. The van der Waals surface area contributed by atoms with Gasteiger partial charge in [0.2, 0.25) is 18.6 Å². The summed E-state index contributed by atoms with van der Waals surface area (Å²) in [7, 11) is 0. The van der Waals surface area contributed by atoms with Gasteiger partial charge >= 0.3 is 0 Å². The van der Waals surface area contributed by atoms with Gasteiger partial charge in [0.15, 0.2) is 11.5 Å². The first-order chi connectivity index (χ1) is 16.1. The van der Waals surface area contributed by atoms with Gasteiger partial charge in [0.25, 0.3) is 5.91 Å². The molecule has 3 N–H and O–H groups in total. The molecule has 0 saturated heterocycles. The summed E-state index contributed by atoms with van der Waals surface area (Å²) >= 11 is 1.12. The molecule has 0 saturated carbocycles. The molecule has 2 aromatic heterocycles. The van der Waals surface area contributed by atoms with Crippen LogP contribution in [0.25, 0.3) is 0 Å². The maximum Gasteiger partial charge on any atom is 0.254 e. The highest BCUT2D eigenvalue weighted by Gasteiger charge is 2.17. The first kappa shape index (κ1) is 22.1. The first-order valence-corrected chi connectivity index (χ1v) is 10.8. The number of nitrogens with one attached hydrogen (secondary N) is 3. The zero-order valence-electron chi connectivity index (χ0n) is 17.2. The Kier molecular flexibility index (Phi) is 7.00. The van der Waals surface area contributed by atoms with E-state index < -0.39 is 11.8 Å². The summed E-state index contributed by atoms with van der Waals surface area (Å²) in [5, 5.41) is 8.35. The van der Waals surface area contributed by atoms with Crippen molar-refractivity contribution in [2.45, 2.75) is 5.03 Å². The van der Waals surface area contributed by atoms with Crippen molar-refractivity contribution in [3.05, 3.63) is 66.6 Å². The van der Waals surface area contributed by atoms with Crippen molar-refractivity contribution < 1.29 is 23.9 Å². The van der Waals surface area contributed by atoms with E-state index in [4.69, 9.17) is 9.47 Å². The molecule has 0 fully saturated rings. The summed E-state index contributed by atoms with van der Waals surface area (Å²) in [4.78, 5) is 45.1. The normalized spacial score (nSPS) is 11.5. The monoisotopic (exact) mass is 465 g/mol. The van der Waals surface area contributed by atoms with Gasteiger partial charge in [-0.05, 0) is 36.4 Å². The zero-order chi connectivity index (χ0) is 23.0. The molecular formula is C22H19N5O5S. The molecule has 4 rings (SSSR count). The van der Waals surface area contributed by atoms with Crippen molar-refractivity contribution in [2.75, 3.05) is 29.7 Å². The first-order valence-electron chi connectivity index (χ1n) is 9.84. The summed E-state index contributed by atoms with van der Waals surface area (Å²) in [6.07, 6.45) is 4.63. The highest BCUT2D eigenvalue weighted by atomic mass is 32.2. The van der Waals surface area contributed by atoms with Crippen molar-refractivity contribution in [3.63, 3.8) is 0 Å². The number of anilines is 2. The van der Waals surface area contributed by atoms with Crippen LogP contribution in [0.2, 0.25) is 0 Å². The lowest BCUT2D eigenvalue weighted by Crippen LogP contribution is -2.33. The summed E-state index contributed by atoms with van der Waals surface area (Å²) in [5.41, 5.74) is 1.37. The van der Waals surface area contributed by atoms with Crippen LogP contribution < -0.4 is 25.4 Å². The lowest BCUT2D eigenvalue weighted by Gasteiger charge is -2.10. The Morgan fingerprint density at radius 2 is 1.76 bits per heavy atom. The smallest absolute Gasteiger partial charge is 0.254 e. The minimum Gasteiger partial charge on any atom is -0.454 e. The molecule has 3 heterocycles. The van der Waals surface area contributed by atoms with Gasteiger partial charge in [0.05, 0.1) is 29.7 Å². The third-order valence-electron chi connectivity index (χ3n) is 4.37. The quantitative estimate of drug-likeness (QED) is 0.432. The van der Waals surface area contributed by atoms with Gasteiger partial charge in [0.1, 0.15) is 5.03 Å². The van der Waals surface area contributed by atoms with Gasteiger partial charge in [-0.3, -0.25) is 19.4 Å². The standard InChI is InChI=1S/C22H19N5O5S/c28-19(27-15-3-1-7-23-10-15)11-25-21(30)16-4-2-8-24-22(16)33-12-20(29)26-14-5-6-17-18(9-14)32-13-31-17/h1-10H,11-13H2,(H,25,30)(H,26,29)(H,27,28). The number of nitrogens with zero attached hydrogens (tertiary/aromatic N) is 2. The highest BCUT2D eigenvalue weighted by Crippen LogP contribution is 2.34. The molecule has 3 amide bonds. The van der Waals surface area contributed by atoms with Crippen molar-refractivity contribution >= 4 is 40.9 Å². The second-order valence-corrected chi connectivity index (χ2v) is 7.70. The molecule has 0 atom stereocenters. The van der Waals surface area contributed by atoms with Crippen LogP contribution in [-0.2, 0) is 9.59 Å². The second kappa shape index (κ2) is 10.5. The van der Waals surface area contributed by atoms with E-state index in [1.165, 1.54) is 12.4 Å². The van der Waals surface area contributed by atoms with E-state index in [2.05, 4.69) is 25.9 Å². The zero-order valence-corrected chi connectivity index (χ0v) is 18.1. The minimum atomic E-state index is -0.469. The Morgan fingerprint density at radius 1 is 0.939 bits per heavy atom. The molecule has 0 bridgehead atoms. The maximum absolute atomic E-state index is 12.6. The average Bonchev–Trinajstić information content (AvgIpc) is 3.30. The third-order valence-corrected chi connectivity index (χ3v) is 5.37. The van der Waals surface area contributed by atoms with Crippen LogP contribution in [0, 0.1) is 0 Å². The van der Waals surface area contributed by atoms with E-state index in [1.807, 2.05) is 0 Å². The number of carbonyl (C=O) groups is 3. The number of thioether (sulfide) groups is 1. The Labute approximate surface area is 193 Å². The van der Waals surface area contributed by atoms with Crippen LogP contribution in [0.3, 0.4) is 0 Å². The molecule has 0 radical (unpaired) electrons. The molecule has 1 aliphatic rings. The van der Waals surface area contributed by atoms with E-state index >= 15 is 0 Å². The molecule has 0 spiro atoms. The summed E-state index contributed by atoms with van der Waals surface area (Å²) < 4.78 is 10.6. The van der Waals surface area contributed by atoms with E-state index in [1.54, 1.807) is 48.7 Å². The van der Waals surface area contributed by atoms with Crippen LogP contribution in [-0.4, -0.2) is 46.8 Å². The van der Waals surface area contributed by atoms with E-state index in [0.717, 1.165) is 11.8 Å². The van der Waals surface area contributed by atoms with Crippen LogP contribution in [0.4, 0.5) is 11.4 Å². The molecule has 10 nitrogen and oxygen atoms in total. The van der Waals surface area contributed by atoms with Gasteiger partial charge < -0.3 is 25.4 Å².